The molecule has 0 radical (unpaired) electrons. The van der Waals surface area contributed by atoms with Crippen LogP contribution in [-0.2, 0) is 26.2 Å². The van der Waals surface area contributed by atoms with Gasteiger partial charge in [0.05, 0.1) is 23.3 Å². The van der Waals surface area contributed by atoms with Gasteiger partial charge in [0, 0.05) is 5.41 Å². The molecule has 0 N–H and O–H groups in total. The Morgan fingerprint density at radius 1 is 0.600 bits per heavy atom. The lowest BCUT2D eigenvalue weighted by molar-refractivity contribution is -0.0314. The van der Waals surface area contributed by atoms with Gasteiger partial charge in [-0.05, 0) is 71.3 Å². The first-order chi connectivity index (χ1) is 19.3. The Hall–Kier alpha value is -4.95. The second-order valence-electron chi connectivity index (χ2n) is 9.98. The van der Waals surface area contributed by atoms with Gasteiger partial charge in [-0.1, -0.05) is 44.2 Å². The highest BCUT2D eigenvalue weighted by Gasteiger charge is 2.30. The molecule has 2 aliphatic rings. The molecule has 4 aromatic rings. The minimum Gasteiger partial charge on any atom is -0.457 e. The van der Waals surface area contributed by atoms with Gasteiger partial charge < -0.3 is 23.7 Å². The van der Waals surface area contributed by atoms with E-state index in [0.717, 1.165) is 16.7 Å². The Morgan fingerprint density at radius 2 is 1.12 bits per heavy atom. The van der Waals surface area contributed by atoms with Crippen molar-refractivity contribution in [1.82, 2.24) is 0 Å². The fraction of sp³-hybridized carbons (Fsp3) is 0.156. The zero-order valence-corrected chi connectivity index (χ0v) is 21.8. The SMILES string of the molecule is CC(C)(c1ccc(Oc2ccc3c(c2)C(=O)OCOC3)cc1)c1ccc(Oc2ccc3c(c2)C(=O)OC3=O)cc1. The van der Waals surface area contributed by atoms with Crippen molar-refractivity contribution in [1.29, 1.82) is 0 Å². The van der Waals surface area contributed by atoms with Crippen LogP contribution in [0.2, 0.25) is 0 Å². The summed E-state index contributed by atoms with van der Waals surface area (Å²) in [5.74, 6) is 0.462. The van der Waals surface area contributed by atoms with Crippen molar-refractivity contribution in [3.05, 3.63) is 118 Å². The first kappa shape index (κ1) is 25.3. The van der Waals surface area contributed by atoms with Crippen LogP contribution in [0.25, 0.3) is 0 Å². The molecule has 2 aliphatic heterocycles. The predicted molar refractivity (Wildman–Crippen MR) is 143 cm³/mol. The Bertz CT molecular complexity index is 1640. The van der Waals surface area contributed by atoms with Crippen molar-refractivity contribution in [2.45, 2.75) is 25.9 Å². The predicted octanol–water partition coefficient (Wildman–Crippen LogP) is 6.55. The molecule has 200 valence electrons. The Labute approximate surface area is 230 Å². The number of carbonyl (C=O) groups is 3. The lowest BCUT2D eigenvalue weighted by Gasteiger charge is -2.26. The van der Waals surface area contributed by atoms with E-state index in [1.807, 2.05) is 48.5 Å². The van der Waals surface area contributed by atoms with Gasteiger partial charge in [0.25, 0.3) is 0 Å². The summed E-state index contributed by atoms with van der Waals surface area (Å²) < 4.78 is 26.9. The van der Waals surface area contributed by atoms with Crippen molar-refractivity contribution < 1.29 is 38.1 Å². The smallest absolute Gasteiger partial charge is 0.347 e. The van der Waals surface area contributed by atoms with Crippen molar-refractivity contribution >= 4 is 17.9 Å². The van der Waals surface area contributed by atoms with E-state index in [9.17, 15) is 14.4 Å². The summed E-state index contributed by atoms with van der Waals surface area (Å²) in [4.78, 5) is 35.7. The van der Waals surface area contributed by atoms with E-state index in [4.69, 9.17) is 18.9 Å². The Kier molecular flexibility index (Phi) is 6.32. The van der Waals surface area contributed by atoms with Gasteiger partial charge in [0.2, 0.25) is 0 Å². The van der Waals surface area contributed by atoms with Crippen LogP contribution in [-0.4, -0.2) is 24.7 Å². The van der Waals surface area contributed by atoms with Crippen molar-refractivity contribution in [2.75, 3.05) is 6.79 Å². The molecule has 0 fully saturated rings. The third-order valence-electron chi connectivity index (χ3n) is 7.07. The highest BCUT2D eigenvalue weighted by Crippen LogP contribution is 2.35. The molecule has 0 atom stereocenters. The van der Waals surface area contributed by atoms with E-state index < -0.39 is 17.9 Å². The zero-order chi connectivity index (χ0) is 27.9. The topological polar surface area (TPSA) is 97.4 Å². The van der Waals surface area contributed by atoms with Gasteiger partial charge in [0.1, 0.15) is 23.0 Å². The molecule has 0 saturated carbocycles. The molecule has 0 unspecified atom stereocenters. The highest BCUT2D eigenvalue weighted by atomic mass is 16.7. The molecule has 4 aromatic carbocycles. The van der Waals surface area contributed by atoms with Crippen LogP contribution in [0.4, 0.5) is 0 Å². The monoisotopic (exact) mass is 536 g/mol. The molecule has 0 amide bonds. The molecule has 0 aromatic heterocycles. The summed E-state index contributed by atoms with van der Waals surface area (Å²) in [7, 11) is 0. The van der Waals surface area contributed by atoms with Gasteiger partial charge in [-0.2, -0.15) is 0 Å². The molecule has 6 rings (SSSR count). The Balaban J connectivity index is 1.15. The van der Waals surface area contributed by atoms with E-state index in [-0.39, 0.29) is 23.3 Å². The van der Waals surface area contributed by atoms with E-state index in [0.29, 0.717) is 35.2 Å². The van der Waals surface area contributed by atoms with E-state index in [1.54, 1.807) is 24.3 Å². The van der Waals surface area contributed by atoms with Crippen molar-refractivity contribution in [2.24, 2.45) is 0 Å². The maximum Gasteiger partial charge on any atom is 0.347 e. The first-order valence-corrected chi connectivity index (χ1v) is 12.6. The summed E-state index contributed by atoms with van der Waals surface area (Å²) in [5, 5.41) is 0. The number of fused-ring (bicyclic) bond motifs is 2. The molecule has 8 heteroatoms. The number of benzene rings is 4. The quantitative estimate of drug-likeness (QED) is 0.202. The van der Waals surface area contributed by atoms with Crippen LogP contribution in [0.5, 0.6) is 23.0 Å². The summed E-state index contributed by atoms with van der Waals surface area (Å²) in [6.45, 7) is 4.50. The van der Waals surface area contributed by atoms with Gasteiger partial charge in [-0.25, -0.2) is 14.4 Å². The normalized spacial score (nSPS) is 14.5. The lowest BCUT2D eigenvalue weighted by atomic mass is 9.78. The third kappa shape index (κ3) is 4.81. The van der Waals surface area contributed by atoms with Gasteiger partial charge in [-0.3, -0.25) is 0 Å². The number of esters is 3. The zero-order valence-electron chi connectivity index (χ0n) is 21.8. The van der Waals surface area contributed by atoms with Gasteiger partial charge in [-0.15, -0.1) is 0 Å². The number of rotatable bonds is 6. The Morgan fingerprint density at radius 3 is 1.75 bits per heavy atom. The molecule has 8 nitrogen and oxygen atoms in total. The molecular formula is C32H24O8. The van der Waals surface area contributed by atoms with Gasteiger partial charge >= 0.3 is 17.9 Å². The highest BCUT2D eigenvalue weighted by molar-refractivity contribution is 6.14. The fourth-order valence-electron chi connectivity index (χ4n) is 4.71. The van der Waals surface area contributed by atoms with Crippen LogP contribution in [0.3, 0.4) is 0 Å². The minimum atomic E-state index is -0.670. The summed E-state index contributed by atoms with van der Waals surface area (Å²) in [6.07, 6.45) is 0. The molecule has 2 heterocycles. The third-order valence-corrected chi connectivity index (χ3v) is 7.07. The minimum absolute atomic E-state index is 0.0630. The van der Waals surface area contributed by atoms with Crippen LogP contribution < -0.4 is 9.47 Å². The standard InChI is InChI=1S/C32H24O8/c1-32(2,21-6-11-23(12-7-21)39-25-13-14-26-28(16-25)31(35)40-30(26)34)20-4-9-22(10-5-20)38-24-8-3-19-17-36-18-37-29(33)27(19)15-24/h3-16H,17-18H2,1-2H3. The maximum atomic E-state index is 12.2. The summed E-state index contributed by atoms with van der Waals surface area (Å²) >= 11 is 0. The largest absolute Gasteiger partial charge is 0.457 e. The van der Waals surface area contributed by atoms with Crippen molar-refractivity contribution in [3.63, 3.8) is 0 Å². The van der Waals surface area contributed by atoms with Gasteiger partial charge in [0.15, 0.2) is 6.79 Å². The molecule has 0 aliphatic carbocycles. The maximum absolute atomic E-state index is 12.2. The van der Waals surface area contributed by atoms with Crippen LogP contribution in [0.15, 0.2) is 84.9 Å². The number of hydrogen-bond acceptors (Lipinski definition) is 8. The average molecular weight is 537 g/mol. The number of cyclic esters (lactones) is 3. The summed E-state index contributed by atoms with van der Waals surface area (Å²) in [6, 6.07) is 25.5. The number of carbonyl (C=O) groups excluding carboxylic acids is 3. The van der Waals surface area contributed by atoms with E-state index >= 15 is 0 Å². The molecule has 0 bridgehead atoms. The van der Waals surface area contributed by atoms with Crippen molar-refractivity contribution in [3.8, 4) is 23.0 Å². The molecular weight excluding hydrogens is 512 g/mol. The second-order valence-corrected chi connectivity index (χ2v) is 9.98. The number of hydrogen-bond donors (Lipinski definition) is 0. The molecule has 40 heavy (non-hydrogen) atoms. The lowest BCUT2D eigenvalue weighted by Crippen LogP contribution is -2.18. The molecule has 0 spiro atoms. The summed E-state index contributed by atoms with van der Waals surface area (Å²) in [5.41, 5.74) is 3.48. The van der Waals surface area contributed by atoms with Crippen LogP contribution in [0.1, 0.15) is 61.6 Å². The second kappa shape index (κ2) is 9.98. The first-order valence-electron chi connectivity index (χ1n) is 12.6. The fourth-order valence-corrected chi connectivity index (χ4v) is 4.71. The van der Waals surface area contributed by atoms with E-state index in [1.165, 1.54) is 12.1 Å². The van der Waals surface area contributed by atoms with Crippen LogP contribution in [0, 0.1) is 0 Å². The van der Waals surface area contributed by atoms with E-state index in [2.05, 4.69) is 18.6 Å². The number of ether oxygens (including phenoxy) is 5. The van der Waals surface area contributed by atoms with Crippen LogP contribution >= 0.6 is 0 Å². The molecule has 0 saturated heterocycles. The average Bonchev–Trinajstić information content (AvgIpc) is 3.11.